The minimum Gasteiger partial charge on any atom is -0.479 e. The van der Waals surface area contributed by atoms with Gasteiger partial charge in [0.1, 0.15) is 12.2 Å². The second-order valence-corrected chi connectivity index (χ2v) is 22.3. The number of benzene rings is 2. The third kappa shape index (κ3) is 12.5. The van der Waals surface area contributed by atoms with E-state index in [1.54, 1.807) is 0 Å². The lowest BCUT2D eigenvalue weighted by molar-refractivity contribution is -0.198. The third-order valence-corrected chi connectivity index (χ3v) is 17.0. The van der Waals surface area contributed by atoms with Crippen molar-refractivity contribution in [2.75, 3.05) is 6.61 Å². The molecule has 1 saturated heterocycles. The Hall–Kier alpha value is -2.52. The van der Waals surface area contributed by atoms with E-state index in [1.807, 2.05) is 42.5 Å². The molecule has 6 atom stereocenters. The fourth-order valence-corrected chi connectivity index (χ4v) is 9.35. The molecule has 0 aromatic heterocycles. The molecule has 0 spiro atoms. The molecule has 0 radical (unpaired) electrons. The summed E-state index contributed by atoms with van der Waals surface area (Å²) in [5.74, 6) is -0.933. The molecule has 4 rings (SSSR count). The van der Waals surface area contributed by atoms with Gasteiger partial charge >= 0.3 is 11.9 Å². The van der Waals surface area contributed by atoms with Crippen LogP contribution in [0, 0.1) is 11.3 Å². The number of aliphatic carboxylic acids is 1. The van der Waals surface area contributed by atoms with Crippen LogP contribution < -0.4 is 0 Å². The average molecular weight is 751 g/mol. The van der Waals surface area contributed by atoms with E-state index in [9.17, 15) is 14.7 Å². The maximum atomic E-state index is 13.8. The SMILES string of the molecule is CCCCCCCC[C@H]1C(OC2CCCCO2)C[C@H](OC(=O)c2ccc(-c3ccccc3)cc2)[C@]1(C)CCCCCC(O[Si](C)(C)C(C)(C)C)C(=O)O. The molecule has 8 heteroatoms. The molecule has 1 aliphatic carbocycles. The molecule has 2 fully saturated rings. The minimum absolute atomic E-state index is 0.0497. The minimum atomic E-state index is -2.22. The Labute approximate surface area is 322 Å². The number of hydrogen-bond acceptors (Lipinski definition) is 6. The summed E-state index contributed by atoms with van der Waals surface area (Å²) < 4.78 is 25.8. The molecule has 1 saturated carbocycles. The maximum absolute atomic E-state index is 13.8. The average Bonchev–Trinajstić information content (AvgIpc) is 3.38. The molecule has 2 aliphatic rings. The van der Waals surface area contributed by atoms with Crippen LogP contribution in [0.1, 0.15) is 148 Å². The fourth-order valence-electron chi connectivity index (χ4n) is 8.07. The smallest absolute Gasteiger partial charge is 0.338 e. The van der Waals surface area contributed by atoms with Gasteiger partial charge in [0.05, 0.1) is 11.7 Å². The zero-order chi connectivity index (χ0) is 38.5. The summed E-state index contributed by atoms with van der Waals surface area (Å²) in [5.41, 5.74) is 2.44. The first-order valence-corrected chi connectivity index (χ1v) is 23.7. The second-order valence-electron chi connectivity index (χ2n) is 17.5. The molecular formula is C45H70O7Si. The molecule has 3 unspecified atom stereocenters. The lowest BCUT2D eigenvalue weighted by Gasteiger charge is -2.39. The van der Waals surface area contributed by atoms with E-state index in [-0.39, 0.29) is 40.8 Å². The van der Waals surface area contributed by atoms with Crippen LogP contribution in [0.15, 0.2) is 54.6 Å². The Morgan fingerprint density at radius 2 is 1.57 bits per heavy atom. The number of carboxylic acids is 1. The first-order chi connectivity index (χ1) is 25.2. The van der Waals surface area contributed by atoms with Crippen molar-refractivity contribution < 1.29 is 33.3 Å². The zero-order valence-corrected chi connectivity index (χ0v) is 35.0. The van der Waals surface area contributed by atoms with Crippen molar-refractivity contribution in [1.29, 1.82) is 0 Å². The molecule has 1 N–H and O–H groups in total. The number of esters is 1. The summed E-state index contributed by atoms with van der Waals surface area (Å²) in [6, 6.07) is 17.9. The molecule has 1 aliphatic heterocycles. The number of carbonyl (C=O) groups is 2. The van der Waals surface area contributed by atoms with Gasteiger partial charge in [0.15, 0.2) is 14.6 Å². The van der Waals surface area contributed by atoms with E-state index in [0.717, 1.165) is 75.5 Å². The molecule has 0 bridgehead atoms. The van der Waals surface area contributed by atoms with Gasteiger partial charge in [-0.25, -0.2) is 9.59 Å². The van der Waals surface area contributed by atoms with Crippen LogP contribution in [-0.2, 0) is 23.4 Å². The van der Waals surface area contributed by atoms with Crippen LogP contribution in [0.2, 0.25) is 18.1 Å². The molecule has 2 aromatic carbocycles. The lowest BCUT2D eigenvalue weighted by atomic mass is 9.71. The van der Waals surface area contributed by atoms with Crippen molar-refractivity contribution in [3.05, 3.63) is 60.2 Å². The van der Waals surface area contributed by atoms with Crippen molar-refractivity contribution in [2.24, 2.45) is 11.3 Å². The largest absolute Gasteiger partial charge is 0.479 e. The van der Waals surface area contributed by atoms with E-state index in [2.05, 4.69) is 59.8 Å². The Kier molecular flexibility index (Phi) is 16.6. The van der Waals surface area contributed by atoms with E-state index < -0.39 is 20.4 Å². The Morgan fingerprint density at radius 1 is 0.906 bits per heavy atom. The Morgan fingerprint density at radius 3 is 2.21 bits per heavy atom. The first-order valence-electron chi connectivity index (χ1n) is 20.8. The van der Waals surface area contributed by atoms with Crippen molar-refractivity contribution >= 4 is 20.3 Å². The summed E-state index contributed by atoms with van der Waals surface area (Å²) in [6.45, 7) is 15.9. The molecule has 0 amide bonds. The maximum Gasteiger partial charge on any atom is 0.338 e. The second kappa shape index (κ2) is 20.4. The normalized spacial score (nSPS) is 24.2. The summed E-state index contributed by atoms with van der Waals surface area (Å²) >= 11 is 0. The van der Waals surface area contributed by atoms with Crippen molar-refractivity contribution in [3.8, 4) is 11.1 Å². The topological polar surface area (TPSA) is 91.3 Å². The fraction of sp³-hybridized carbons (Fsp3) is 0.689. The van der Waals surface area contributed by atoms with Crippen LogP contribution in [-0.4, -0.2) is 56.6 Å². The van der Waals surface area contributed by atoms with Gasteiger partial charge < -0.3 is 23.7 Å². The lowest BCUT2D eigenvalue weighted by Crippen LogP contribution is -2.46. The van der Waals surface area contributed by atoms with Gasteiger partial charge in [-0.1, -0.05) is 135 Å². The van der Waals surface area contributed by atoms with Crippen LogP contribution in [0.3, 0.4) is 0 Å². The highest BCUT2D eigenvalue weighted by atomic mass is 28.4. The molecular weight excluding hydrogens is 681 g/mol. The predicted molar refractivity (Wildman–Crippen MR) is 217 cm³/mol. The van der Waals surface area contributed by atoms with E-state index >= 15 is 0 Å². The number of carboxylic acid groups (broad SMARTS) is 1. The van der Waals surface area contributed by atoms with E-state index in [1.165, 1.54) is 32.1 Å². The molecule has 1 heterocycles. The number of ether oxygens (including phenoxy) is 3. The number of rotatable bonds is 21. The molecule has 53 heavy (non-hydrogen) atoms. The monoisotopic (exact) mass is 750 g/mol. The predicted octanol–water partition coefficient (Wildman–Crippen LogP) is 12.0. The van der Waals surface area contributed by atoms with E-state index in [0.29, 0.717) is 18.4 Å². The van der Waals surface area contributed by atoms with Crippen LogP contribution in [0.5, 0.6) is 0 Å². The van der Waals surface area contributed by atoms with Gasteiger partial charge in [0.25, 0.3) is 0 Å². The van der Waals surface area contributed by atoms with Gasteiger partial charge in [0.2, 0.25) is 0 Å². The highest BCUT2D eigenvalue weighted by Crippen LogP contribution is 2.52. The Balaban J connectivity index is 1.49. The van der Waals surface area contributed by atoms with E-state index in [4.69, 9.17) is 18.6 Å². The summed E-state index contributed by atoms with van der Waals surface area (Å²) in [4.78, 5) is 26.1. The van der Waals surface area contributed by atoms with Crippen molar-refractivity contribution in [2.45, 2.75) is 180 Å². The highest BCUT2D eigenvalue weighted by Gasteiger charge is 2.54. The van der Waals surface area contributed by atoms with Gasteiger partial charge in [-0.05, 0) is 85.8 Å². The van der Waals surface area contributed by atoms with Crippen LogP contribution in [0.25, 0.3) is 11.1 Å². The van der Waals surface area contributed by atoms with Gasteiger partial charge in [-0.15, -0.1) is 0 Å². The molecule has 2 aromatic rings. The summed E-state index contributed by atoms with van der Waals surface area (Å²) in [5, 5.41) is 9.98. The highest BCUT2D eigenvalue weighted by molar-refractivity contribution is 6.74. The van der Waals surface area contributed by atoms with Crippen molar-refractivity contribution in [1.82, 2.24) is 0 Å². The molecule has 7 nitrogen and oxygen atoms in total. The van der Waals surface area contributed by atoms with Crippen LogP contribution >= 0.6 is 0 Å². The Bertz CT molecular complexity index is 1380. The van der Waals surface area contributed by atoms with Crippen LogP contribution in [0.4, 0.5) is 0 Å². The number of carbonyl (C=O) groups excluding carboxylic acids is 1. The standard InChI is InChI=1S/C45H70O7Si/c1-8-9-10-11-12-17-24-37-39(50-41-26-19-21-32-49-41)33-40(51-43(48)36-29-27-35(28-30-36)34-22-15-13-16-23-34)45(37,5)31-20-14-18-25-38(42(46)47)52-53(6,7)44(2,3)4/h13,15-16,22-23,27-30,37-41H,8-12,14,17-21,24-26,31-33H2,1-7H3,(H,46,47)/t37-,38?,39?,40-,41?,45+/m0/s1. The zero-order valence-electron chi connectivity index (χ0n) is 34.0. The first kappa shape index (κ1) is 43.2. The number of hydrogen-bond donors (Lipinski definition) is 1. The van der Waals surface area contributed by atoms with Gasteiger partial charge in [-0.2, -0.15) is 0 Å². The summed E-state index contributed by atoms with van der Waals surface area (Å²) in [7, 11) is -2.22. The van der Waals surface area contributed by atoms with Crippen molar-refractivity contribution in [3.63, 3.8) is 0 Å². The van der Waals surface area contributed by atoms with Gasteiger partial charge in [0, 0.05) is 18.4 Å². The number of unbranched alkanes of at least 4 members (excludes halogenated alkanes) is 7. The molecule has 296 valence electrons. The quantitative estimate of drug-likeness (QED) is 0.0771. The third-order valence-electron chi connectivity index (χ3n) is 12.5. The summed E-state index contributed by atoms with van der Waals surface area (Å²) in [6.07, 6.45) is 14.7. The van der Waals surface area contributed by atoms with Gasteiger partial charge in [-0.3, -0.25) is 0 Å².